The highest BCUT2D eigenvalue weighted by Crippen LogP contribution is 2.36. The van der Waals surface area contributed by atoms with E-state index < -0.39 is 0 Å². The number of hydrogen-bond donors (Lipinski definition) is 1. The number of piperazine rings is 1. The van der Waals surface area contributed by atoms with Crippen molar-refractivity contribution in [2.45, 2.75) is 44.2 Å². The standard InChI is InChI=1S/C15H20FIN2/c1-11-9-18-15(6-2-3-7-15)10-19(11)14-5-4-12(16)8-13(14)17/h4-5,8,11,18H,2-3,6-7,9-10H2,1H3. The Bertz CT molecular complexity index is 471. The predicted octanol–water partition coefficient (Wildman–Crippen LogP) is 3.54. The molecule has 1 aliphatic carbocycles. The molecule has 0 aromatic heterocycles. The molecule has 1 spiro atoms. The highest BCUT2D eigenvalue weighted by molar-refractivity contribution is 14.1. The third kappa shape index (κ3) is 2.61. The van der Waals surface area contributed by atoms with E-state index in [2.05, 4.69) is 39.7 Å². The van der Waals surface area contributed by atoms with E-state index in [1.807, 2.05) is 6.07 Å². The summed E-state index contributed by atoms with van der Waals surface area (Å²) in [5, 5.41) is 3.76. The van der Waals surface area contributed by atoms with Crippen LogP contribution in [-0.4, -0.2) is 24.7 Å². The molecule has 1 N–H and O–H groups in total. The maximum atomic E-state index is 13.3. The molecule has 1 aliphatic heterocycles. The maximum Gasteiger partial charge on any atom is 0.124 e. The lowest BCUT2D eigenvalue weighted by Crippen LogP contribution is -2.62. The van der Waals surface area contributed by atoms with Gasteiger partial charge in [0.1, 0.15) is 5.82 Å². The molecular formula is C15H20FIN2. The topological polar surface area (TPSA) is 15.3 Å². The highest BCUT2D eigenvalue weighted by atomic mass is 127. The summed E-state index contributed by atoms with van der Waals surface area (Å²) in [4.78, 5) is 2.46. The Morgan fingerprint density at radius 3 is 2.79 bits per heavy atom. The minimum atomic E-state index is -0.147. The molecule has 1 heterocycles. The summed E-state index contributed by atoms with van der Waals surface area (Å²) in [6.45, 7) is 4.32. The first-order valence-electron chi connectivity index (χ1n) is 7.06. The smallest absolute Gasteiger partial charge is 0.124 e. The third-order valence-corrected chi connectivity index (χ3v) is 5.42. The molecule has 1 saturated heterocycles. The Labute approximate surface area is 127 Å². The van der Waals surface area contributed by atoms with E-state index in [1.54, 1.807) is 12.1 Å². The number of nitrogens with one attached hydrogen (secondary N) is 1. The van der Waals surface area contributed by atoms with Crippen LogP contribution in [0.15, 0.2) is 18.2 Å². The van der Waals surface area contributed by atoms with E-state index in [4.69, 9.17) is 0 Å². The van der Waals surface area contributed by atoms with Gasteiger partial charge in [0.2, 0.25) is 0 Å². The van der Waals surface area contributed by atoms with Crippen molar-refractivity contribution < 1.29 is 4.39 Å². The molecule has 19 heavy (non-hydrogen) atoms. The van der Waals surface area contributed by atoms with Crippen molar-refractivity contribution in [3.8, 4) is 0 Å². The van der Waals surface area contributed by atoms with Gasteiger partial charge in [0, 0.05) is 28.2 Å². The molecule has 2 aliphatic rings. The van der Waals surface area contributed by atoms with Gasteiger partial charge in [-0.1, -0.05) is 12.8 Å². The SMILES string of the molecule is CC1CNC2(CCCC2)CN1c1ccc(F)cc1I. The minimum absolute atomic E-state index is 0.147. The van der Waals surface area contributed by atoms with Crippen molar-refractivity contribution in [3.63, 3.8) is 0 Å². The van der Waals surface area contributed by atoms with Gasteiger partial charge in [-0.3, -0.25) is 0 Å². The molecule has 0 bridgehead atoms. The van der Waals surface area contributed by atoms with Crippen molar-refractivity contribution in [1.29, 1.82) is 0 Å². The average molecular weight is 374 g/mol. The number of benzene rings is 1. The van der Waals surface area contributed by atoms with Gasteiger partial charge in [-0.05, 0) is 60.6 Å². The molecule has 1 unspecified atom stereocenters. The second-order valence-electron chi connectivity index (χ2n) is 5.94. The Morgan fingerprint density at radius 1 is 1.37 bits per heavy atom. The van der Waals surface area contributed by atoms with Gasteiger partial charge in [-0.15, -0.1) is 0 Å². The summed E-state index contributed by atoms with van der Waals surface area (Å²) in [6.07, 6.45) is 5.20. The zero-order valence-electron chi connectivity index (χ0n) is 11.3. The van der Waals surface area contributed by atoms with Crippen molar-refractivity contribution in [1.82, 2.24) is 5.32 Å². The van der Waals surface area contributed by atoms with Crippen LogP contribution in [0.4, 0.5) is 10.1 Å². The minimum Gasteiger partial charge on any atom is -0.365 e. The van der Waals surface area contributed by atoms with Gasteiger partial charge >= 0.3 is 0 Å². The van der Waals surface area contributed by atoms with E-state index in [0.717, 1.165) is 16.7 Å². The normalized spacial score (nSPS) is 26.1. The van der Waals surface area contributed by atoms with E-state index in [9.17, 15) is 4.39 Å². The van der Waals surface area contributed by atoms with E-state index in [0.29, 0.717) is 11.6 Å². The zero-order valence-corrected chi connectivity index (χ0v) is 13.4. The zero-order chi connectivity index (χ0) is 13.5. The second-order valence-corrected chi connectivity index (χ2v) is 7.10. The lowest BCUT2D eigenvalue weighted by atomic mass is 9.92. The van der Waals surface area contributed by atoms with Crippen molar-refractivity contribution in [3.05, 3.63) is 27.6 Å². The molecule has 3 rings (SSSR count). The van der Waals surface area contributed by atoms with Gasteiger partial charge in [-0.2, -0.15) is 0 Å². The van der Waals surface area contributed by atoms with Crippen molar-refractivity contribution in [2.24, 2.45) is 0 Å². The summed E-state index contributed by atoms with van der Waals surface area (Å²) in [5.74, 6) is -0.147. The number of halogens is 2. The lowest BCUT2D eigenvalue weighted by molar-refractivity contribution is 0.276. The van der Waals surface area contributed by atoms with Crippen LogP contribution < -0.4 is 10.2 Å². The Morgan fingerprint density at radius 2 is 2.11 bits per heavy atom. The van der Waals surface area contributed by atoms with Crippen LogP contribution in [0, 0.1) is 9.39 Å². The Kier molecular flexibility index (Phi) is 3.73. The molecule has 0 amide bonds. The van der Waals surface area contributed by atoms with Crippen molar-refractivity contribution >= 4 is 28.3 Å². The summed E-state index contributed by atoms with van der Waals surface area (Å²) >= 11 is 2.25. The average Bonchev–Trinajstić information content (AvgIpc) is 2.82. The molecule has 4 heteroatoms. The van der Waals surface area contributed by atoms with Gasteiger partial charge in [0.25, 0.3) is 0 Å². The first-order valence-corrected chi connectivity index (χ1v) is 8.14. The molecule has 0 radical (unpaired) electrons. The molecular weight excluding hydrogens is 354 g/mol. The van der Waals surface area contributed by atoms with Crippen LogP contribution >= 0.6 is 22.6 Å². The van der Waals surface area contributed by atoms with E-state index >= 15 is 0 Å². The highest BCUT2D eigenvalue weighted by Gasteiger charge is 2.40. The monoisotopic (exact) mass is 374 g/mol. The van der Waals surface area contributed by atoms with E-state index in [-0.39, 0.29) is 5.82 Å². The molecule has 2 nitrogen and oxygen atoms in total. The number of anilines is 1. The van der Waals surface area contributed by atoms with Crippen molar-refractivity contribution in [2.75, 3.05) is 18.0 Å². The first-order chi connectivity index (χ1) is 9.10. The number of nitrogens with zero attached hydrogens (tertiary/aromatic N) is 1. The summed E-state index contributed by atoms with van der Waals surface area (Å²) < 4.78 is 14.3. The second kappa shape index (κ2) is 5.20. The Hall–Kier alpha value is -0.360. The fraction of sp³-hybridized carbons (Fsp3) is 0.600. The fourth-order valence-corrected chi connectivity index (χ4v) is 4.22. The van der Waals surface area contributed by atoms with Crippen LogP contribution in [0.25, 0.3) is 0 Å². The molecule has 1 saturated carbocycles. The van der Waals surface area contributed by atoms with Crippen LogP contribution in [0.1, 0.15) is 32.6 Å². The summed E-state index contributed by atoms with van der Waals surface area (Å²) in [5.41, 5.74) is 1.48. The number of rotatable bonds is 1. The van der Waals surface area contributed by atoms with Crippen LogP contribution in [0.2, 0.25) is 0 Å². The first kappa shape index (κ1) is 13.6. The van der Waals surface area contributed by atoms with Crippen LogP contribution in [-0.2, 0) is 0 Å². The molecule has 1 atom stereocenters. The molecule has 2 fully saturated rings. The van der Waals surface area contributed by atoms with Gasteiger partial charge < -0.3 is 10.2 Å². The maximum absolute atomic E-state index is 13.3. The largest absolute Gasteiger partial charge is 0.365 e. The van der Waals surface area contributed by atoms with Gasteiger partial charge in [0.05, 0.1) is 5.69 Å². The van der Waals surface area contributed by atoms with Crippen LogP contribution in [0.3, 0.4) is 0 Å². The predicted molar refractivity (Wildman–Crippen MR) is 85.1 cm³/mol. The Balaban J connectivity index is 1.89. The molecule has 1 aromatic rings. The van der Waals surface area contributed by atoms with Crippen LogP contribution in [0.5, 0.6) is 0 Å². The fourth-order valence-electron chi connectivity index (χ4n) is 3.44. The quantitative estimate of drug-likeness (QED) is 0.757. The van der Waals surface area contributed by atoms with Gasteiger partial charge in [0.15, 0.2) is 0 Å². The summed E-state index contributed by atoms with van der Waals surface area (Å²) in [6, 6.07) is 5.60. The summed E-state index contributed by atoms with van der Waals surface area (Å²) in [7, 11) is 0. The van der Waals surface area contributed by atoms with Gasteiger partial charge in [-0.25, -0.2) is 4.39 Å². The molecule has 1 aromatic carbocycles. The third-order valence-electron chi connectivity index (χ3n) is 4.56. The van der Waals surface area contributed by atoms with E-state index in [1.165, 1.54) is 31.4 Å². The molecule has 104 valence electrons. The number of hydrogen-bond acceptors (Lipinski definition) is 2. The lowest BCUT2D eigenvalue weighted by Gasteiger charge is -2.46.